The Bertz CT molecular complexity index is 3130. The molecular formula is C47H29N7. The zero-order valence-corrected chi connectivity index (χ0v) is 28.9. The Kier molecular flexibility index (Phi) is 6.72. The maximum absolute atomic E-state index is 5.38. The summed E-state index contributed by atoms with van der Waals surface area (Å²) < 4.78 is 4.62. The van der Waals surface area contributed by atoms with Gasteiger partial charge in [-0.15, -0.1) is 0 Å². The lowest BCUT2D eigenvalue weighted by atomic mass is 10.0. The van der Waals surface area contributed by atoms with Crippen LogP contribution in [0.2, 0.25) is 0 Å². The maximum Gasteiger partial charge on any atom is 0.164 e. The van der Waals surface area contributed by atoms with Crippen LogP contribution in [0.15, 0.2) is 176 Å². The smallest absolute Gasteiger partial charge is 0.164 e. The molecule has 0 amide bonds. The van der Waals surface area contributed by atoms with Gasteiger partial charge in [-0.05, 0) is 30.3 Å². The van der Waals surface area contributed by atoms with E-state index in [0.717, 1.165) is 83.3 Å². The molecular weight excluding hydrogens is 663 g/mol. The lowest BCUT2D eigenvalue weighted by Gasteiger charge is -2.14. The molecule has 0 unspecified atom stereocenters. The zero-order valence-electron chi connectivity index (χ0n) is 28.9. The van der Waals surface area contributed by atoms with E-state index in [-0.39, 0.29) is 0 Å². The van der Waals surface area contributed by atoms with E-state index < -0.39 is 0 Å². The predicted molar refractivity (Wildman–Crippen MR) is 217 cm³/mol. The zero-order chi connectivity index (χ0) is 35.6. The highest BCUT2D eigenvalue weighted by atomic mass is 15.1. The number of hydrogen-bond acceptors (Lipinski definition) is 5. The van der Waals surface area contributed by atoms with E-state index in [1.165, 1.54) is 0 Å². The molecule has 0 fully saturated rings. The number of nitrogens with zero attached hydrogens (tertiary/aromatic N) is 7. The molecule has 252 valence electrons. The quantitative estimate of drug-likeness (QED) is 0.180. The summed E-state index contributed by atoms with van der Waals surface area (Å²) in [5, 5.41) is 2.00. The molecule has 11 aromatic rings. The lowest BCUT2D eigenvalue weighted by Crippen LogP contribution is -2.01. The summed E-state index contributed by atoms with van der Waals surface area (Å²) in [6, 6.07) is 60.2. The van der Waals surface area contributed by atoms with Gasteiger partial charge in [0.1, 0.15) is 11.6 Å². The highest BCUT2D eigenvalue weighted by Crippen LogP contribution is 2.41. The Balaban J connectivity index is 1.38. The molecule has 11 rings (SSSR count). The van der Waals surface area contributed by atoms with Crippen molar-refractivity contribution in [1.82, 2.24) is 33.7 Å². The Morgan fingerprint density at radius 1 is 0.315 bits per heavy atom. The van der Waals surface area contributed by atoms with Crippen LogP contribution >= 0.6 is 0 Å². The van der Waals surface area contributed by atoms with Crippen LogP contribution in [-0.2, 0) is 0 Å². The fourth-order valence-corrected chi connectivity index (χ4v) is 7.75. The van der Waals surface area contributed by atoms with E-state index in [0.29, 0.717) is 17.5 Å². The second-order valence-corrected chi connectivity index (χ2v) is 13.3. The van der Waals surface area contributed by atoms with Crippen LogP contribution in [0.3, 0.4) is 0 Å². The molecule has 0 N–H and O–H groups in total. The number of aromatic nitrogens is 7. The minimum Gasteiger partial charge on any atom is -0.290 e. The molecule has 0 bridgehead atoms. The highest BCUT2D eigenvalue weighted by Gasteiger charge is 2.24. The van der Waals surface area contributed by atoms with E-state index in [4.69, 9.17) is 24.9 Å². The van der Waals surface area contributed by atoms with Crippen molar-refractivity contribution in [2.24, 2.45) is 0 Å². The standard InChI is InChI=1S/C47H29N7/c1-5-16-30(17-6-1)43-50-44(31-18-7-2-8-19-31)52-45(51-43)35-28-29-37-42-40(35)34-24-13-14-26-38(34)53-41-36(48-46(53)32-20-9-3-10-21-32)25-15-27-39(41)54(42)47(49-37)33-22-11-4-12-23-33/h1-29H. The van der Waals surface area contributed by atoms with Gasteiger partial charge in [0.2, 0.25) is 0 Å². The molecule has 7 aromatic carbocycles. The fraction of sp³-hybridized carbons (Fsp3) is 0. The van der Waals surface area contributed by atoms with Crippen molar-refractivity contribution >= 4 is 43.9 Å². The second kappa shape index (κ2) is 12.0. The summed E-state index contributed by atoms with van der Waals surface area (Å²) in [7, 11) is 0. The Hall–Kier alpha value is -7.51. The first-order valence-electron chi connectivity index (χ1n) is 18.0. The van der Waals surface area contributed by atoms with Crippen molar-refractivity contribution < 1.29 is 0 Å². The Labute approximate surface area is 309 Å². The van der Waals surface area contributed by atoms with Gasteiger partial charge in [0.25, 0.3) is 0 Å². The number of fused-ring (bicyclic) bond motifs is 4. The molecule has 0 aliphatic heterocycles. The molecule has 0 spiro atoms. The third-order valence-electron chi connectivity index (χ3n) is 10.1. The molecule has 0 saturated heterocycles. The largest absolute Gasteiger partial charge is 0.290 e. The summed E-state index contributed by atoms with van der Waals surface area (Å²) in [5.74, 6) is 3.50. The van der Waals surface area contributed by atoms with Gasteiger partial charge in [0.15, 0.2) is 17.5 Å². The van der Waals surface area contributed by atoms with Crippen LogP contribution < -0.4 is 0 Å². The number of rotatable bonds is 5. The molecule has 4 heterocycles. The third kappa shape index (κ3) is 4.65. The Morgan fingerprint density at radius 2 is 0.778 bits per heavy atom. The van der Waals surface area contributed by atoms with Gasteiger partial charge in [-0.25, -0.2) is 24.9 Å². The van der Waals surface area contributed by atoms with E-state index in [1.54, 1.807) is 0 Å². The molecule has 0 aliphatic carbocycles. The first-order valence-corrected chi connectivity index (χ1v) is 18.0. The van der Waals surface area contributed by atoms with Crippen molar-refractivity contribution in [2.75, 3.05) is 0 Å². The van der Waals surface area contributed by atoms with Crippen molar-refractivity contribution in [3.63, 3.8) is 0 Å². The van der Waals surface area contributed by atoms with Crippen LogP contribution in [0.5, 0.6) is 0 Å². The van der Waals surface area contributed by atoms with Crippen LogP contribution in [0.4, 0.5) is 0 Å². The summed E-state index contributed by atoms with van der Waals surface area (Å²) >= 11 is 0. The van der Waals surface area contributed by atoms with Crippen molar-refractivity contribution in [1.29, 1.82) is 0 Å². The minimum absolute atomic E-state index is 0.580. The topological polar surface area (TPSA) is 73.3 Å². The first kappa shape index (κ1) is 30.1. The highest BCUT2D eigenvalue weighted by molar-refractivity contribution is 6.18. The van der Waals surface area contributed by atoms with Crippen molar-refractivity contribution in [3.8, 4) is 56.9 Å². The van der Waals surface area contributed by atoms with Crippen LogP contribution in [0, 0.1) is 0 Å². The van der Waals surface area contributed by atoms with Crippen LogP contribution in [-0.4, -0.2) is 33.7 Å². The lowest BCUT2D eigenvalue weighted by molar-refractivity contribution is 1.08. The van der Waals surface area contributed by atoms with Gasteiger partial charge in [-0.1, -0.05) is 146 Å². The number of imidazole rings is 2. The Morgan fingerprint density at radius 3 is 1.37 bits per heavy atom. The SMILES string of the molecule is c1ccc(-c2nc(-c3ccccc3)nc(-c3ccc4nc(-c5ccccc5)n5c6cccc7nc(-c8ccccc8)n(c8ccccc8c3c45)c76)n2)cc1. The molecule has 0 atom stereocenters. The molecule has 7 heteroatoms. The first-order chi connectivity index (χ1) is 26.8. The maximum atomic E-state index is 5.38. The summed E-state index contributed by atoms with van der Waals surface area (Å²) in [6.07, 6.45) is 0. The van der Waals surface area contributed by atoms with Crippen molar-refractivity contribution in [2.45, 2.75) is 0 Å². The average molecular weight is 692 g/mol. The van der Waals surface area contributed by atoms with E-state index in [1.807, 2.05) is 72.8 Å². The third-order valence-corrected chi connectivity index (χ3v) is 10.1. The second-order valence-electron chi connectivity index (χ2n) is 13.3. The van der Waals surface area contributed by atoms with Gasteiger partial charge < -0.3 is 0 Å². The average Bonchev–Trinajstić information content (AvgIpc) is 3.84. The number of para-hydroxylation sites is 2. The fourth-order valence-electron chi connectivity index (χ4n) is 7.75. The van der Waals surface area contributed by atoms with Crippen LogP contribution in [0.25, 0.3) is 101 Å². The monoisotopic (exact) mass is 691 g/mol. The summed E-state index contributed by atoms with van der Waals surface area (Å²) in [6.45, 7) is 0. The molecule has 0 radical (unpaired) electrons. The predicted octanol–water partition coefficient (Wildman–Crippen LogP) is 11.0. The normalized spacial score (nSPS) is 11.7. The summed E-state index contributed by atoms with van der Waals surface area (Å²) in [4.78, 5) is 26.2. The van der Waals surface area contributed by atoms with E-state index in [9.17, 15) is 0 Å². The molecule has 54 heavy (non-hydrogen) atoms. The van der Waals surface area contributed by atoms with Gasteiger partial charge in [0.05, 0.1) is 33.1 Å². The minimum atomic E-state index is 0.580. The number of benzene rings is 7. The van der Waals surface area contributed by atoms with Gasteiger partial charge in [0, 0.05) is 38.6 Å². The molecule has 0 aliphatic rings. The van der Waals surface area contributed by atoms with Gasteiger partial charge in [-0.2, -0.15) is 0 Å². The molecule has 0 saturated carbocycles. The molecule has 4 aromatic heterocycles. The van der Waals surface area contributed by atoms with Crippen LogP contribution in [0.1, 0.15) is 0 Å². The van der Waals surface area contributed by atoms with E-state index >= 15 is 0 Å². The van der Waals surface area contributed by atoms with Crippen molar-refractivity contribution in [3.05, 3.63) is 176 Å². The molecule has 7 nitrogen and oxygen atoms in total. The van der Waals surface area contributed by atoms with Gasteiger partial charge in [-0.3, -0.25) is 8.80 Å². The number of hydrogen-bond donors (Lipinski definition) is 0. The van der Waals surface area contributed by atoms with Gasteiger partial charge >= 0.3 is 0 Å². The van der Waals surface area contributed by atoms with E-state index in [2.05, 4.69) is 112 Å². The summed E-state index contributed by atoms with van der Waals surface area (Å²) in [5.41, 5.74) is 10.5.